The maximum Gasteiger partial charge on any atom is 0.243 e. The van der Waals surface area contributed by atoms with Crippen LogP contribution in [0.2, 0.25) is 15.1 Å². The highest BCUT2D eigenvalue weighted by atomic mass is 79.9. The molecule has 0 spiro atoms. The SMILES string of the molecule is COc1ccc(Cl)cc1NC(=O)CN(Cc1ccc(Cl)cc1Cl)S(=O)(=O)c1ccc(Br)cc1. The van der Waals surface area contributed by atoms with Gasteiger partial charge in [0.05, 0.1) is 24.2 Å². The number of nitrogens with zero attached hydrogens (tertiary/aromatic N) is 1. The van der Waals surface area contributed by atoms with Crippen LogP contribution in [-0.2, 0) is 21.4 Å². The highest BCUT2D eigenvalue weighted by molar-refractivity contribution is 9.10. The molecule has 0 heterocycles. The normalized spacial score (nSPS) is 11.5. The Kier molecular flexibility index (Phi) is 8.66. The summed E-state index contributed by atoms with van der Waals surface area (Å²) in [6.07, 6.45) is 0. The Labute approximate surface area is 215 Å². The second kappa shape index (κ2) is 11.1. The van der Waals surface area contributed by atoms with Crippen LogP contribution in [0.4, 0.5) is 5.69 Å². The summed E-state index contributed by atoms with van der Waals surface area (Å²) in [5, 5.41) is 3.75. The van der Waals surface area contributed by atoms with Gasteiger partial charge in [-0.15, -0.1) is 0 Å². The van der Waals surface area contributed by atoms with Crippen molar-refractivity contribution in [2.75, 3.05) is 19.0 Å². The Morgan fingerprint density at radius 3 is 2.27 bits per heavy atom. The lowest BCUT2D eigenvalue weighted by Gasteiger charge is -2.23. The maximum absolute atomic E-state index is 13.4. The molecule has 3 rings (SSSR count). The molecule has 0 aromatic heterocycles. The van der Waals surface area contributed by atoms with Crippen molar-refractivity contribution in [3.63, 3.8) is 0 Å². The fraction of sp³-hybridized carbons (Fsp3) is 0.136. The Morgan fingerprint density at radius 1 is 1.00 bits per heavy atom. The number of halogens is 4. The van der Waals surface area contributed by atoms with Crippen LogP contribution in [0.15, 0.2) is 70.0 Å². The summed E-state index contributed by atoms with van der Waals surface area (Å²) in [4.78, 5) is 12.9. The van der Waals surface area contributed by atoms with Crippen molar-refractivity contribution in [3.05, 3.63) is 85.8 Å². The average Bonchev–Trinajstić information content (AvgIpc) is 2.75. The van der Waals surface area contributed by atoms with E-state index in [0.717, 1.165) is 8.78 Å². The molecule has 0 saturated heterocycles. The molecule has 1 amide bonds. The number of carbonyl (C=O) groups excluding carboxylic acids is 1. The summed E-state index contributed by atoms with van der Waals surface area (Å²) >= 11 is 21.5. The zero-order valence-corrected chi connectivity index (χ0v) is 21.9. The van der Waals surface area contributed by atoms with Gasteiger partial charge in [0.1, 0.15) is 5.75 Å². The van der Waals surface area contributed by atoms with E-state index < -0.39 is 22.5 Å². The van der Waals surface area contributed by atoms with E-state index in [4.69, 9.17) is 39.5 Å². The Bertz CT molecular complexity index is 1270. The van der Waals surface area contributed by atoms with Crippen LogP contribution >= 0.6 is 50.7 Å². The number of carbonyl (C=O) groups is 1. The van der Waals surface area contributed by atoms with Crippen molar-refractivity contribution in [3.8, 4) is 5.75 Å². The van der Waals surface area contributed by atoms with Crippen LogP contribution in [-0.4, -0.2) is 32.3 Å². The number of sulfonamides is 1. The van der Waals surface area contributed by atoms with E-state index >= 15 is 0 Å². The van der Waals surface area contributed by atoms with Crippen LogP contribution in [0, 0.1) is 0 Å². The Hall–Kier alpha value is -1.81. The number of nitrogens with one attached hydrogen (secondary N) is 1. The molecule has 0 radical (unpaired) electrons. The smallest absolute Gasteiger partial charge is 0.243 e. The molecule has 0 bridgehead atoms. The number of rotatable bonds is 8. The molecule has 3 aromatic rings. The first-order valence-corrected chi connectivity index (χ1v) is 12.8. The van der Waals surface area contributed by atoms with E-state index in [9.17, 15) is 13.2 Å². The van der Waals surface area contributed by atoms with E-state index in [2.05, 4.69) is 21.2 Å². The lowest BCUT2D eigenvalue weighted by molar-refractivity contribution is -0.116. The molecule has 174 valence electrons. The monoisotopic (exact) mass is 590 g/mol. The molecule has 3 aromatic carbocycles. The number of benzene rings is 3. The summed E-state index contributed by atoms with van der Waals surface area (Å²) in [5.74, 6) is -0.197. The lowest BCUT2D eigenvalue weighted by atomic mass is 10.2. The van der Waals surface area contributed by atoms with Crippen molar-refractivity contribution in [2.24, 2.45) is 0 Å². The van der Waals surface area contributed by atoms with Gasteiger partial charge >= 0.3 is 0 Å². The van der Waals surface area contributed by atoms with Gasteiger partial charge in [0.15, 0.2) is 0 Å². The van der Waals surface area contributed by atoms with Gasteiger partial charge in [-0.2, -0.15) is 4.31 Å². The minimum atomic E-state index is -4.05. The molecule has 0 aliphatic carbocycles. The van der Waals surface area contributed by atoms with E-state index in [0.29, 0.717) is 27.0 Å². The van der Waals surface area contributed by atoms with Crippen LogP contribution in [0.5, 0.6) is 5.75 Å². The van der Waals surface area contributed by atoms with Crippen molar-refractivity contribution < 1.29 is 17.9 Å². The lowest BCUT2D eigenvalue weighted by Crippen LogP contribution is -2.37. The minimum Gasteiger partial charge on any atom is -0.495 e. The first kappa shape index (κ1) is 25.8. The van der Waals surface area contributed by atoms with Gasteiger partial charge in [-0.1, -0.05) is 56.8 Å². The van der Waals surface area contributed by atoms with Gasteiger partial charge in [0.2, 0.25) is 15.9 Å². The second-order valence-corrected chi connectivity index (χ2v) is 11.0. The van der Waals surface area contributed by atoms with Crippen LogP contribution in [0.25, 0.3) is 0 Å². The van der Waals surface area contributed by atoms with E-state index in [1.165, 1.54) is 31.4 Å². The molecular weight excluding hydrogens is 575 g/mol. The number of ether oxygens (including phenoxy) is 1. The minimum absolute atomic E-state index is 0.0314. The zero-order valence-electron chi connectivity index (χ0n) is 17.2. The summed E-state index contributed by atoms with van der Waals surface area (Å²) in [6, 6.07) is 15.6. The highest BCUT2D eigenvalue weighted by Crippen LogP contribution is 2.29. The summed E-state index contributed by atoms with van der Waals surface area (Å²) in [6.45, 7) is -0.623. The molecule has 0 fully saturated rings. The summed E-state index contributed by atoms with van der Waals surface area (Å²) in [7, 11) is -2.60. The third-order valence-corrected chi connectivity index (χ3v) is 7.73. The molecule has 11 heteroatoms. The molecule has 0 aliphatic rings. The fourth-order valence-corrected chi connectivity index (χ4v) is 5.23. The van der Waals surface area contributed by atoms with Gasteiger partial charge in [-0.3, -0.25) is 4.79 Å². The van der Waals surface area contributed by atoms with Gasteiger partial charge in [0.25, 0.3) is 0 Å². The first-order valence-electron chi connectivity index (χ1n) is 9.43. The Morgan fingerprint density at radius 2 is 1.64 bits per heavy atom. The van der Waals surface area contributed by atoms with E-state index in [1.807, 2.05) is 0 Å². The van der Waals surface area contributed by atoms with Gasteiger partial charge in [-0.25, -0.2) is 8.42 Å². The van der Waals surface area contributed by atoms with E-state index in [-0.39, 0.29) is 16.5 Å². The maximum atomic E-state index is 13.4. The molecule has 1 N–H and O–H groups in total. The van der Waals surface area contributed by atoms with Crippen molar-refractivity contribution >= 4 is 72.4 Å². The van der Waals surface area contributed by atoms with Crippen molar-refractivity contribution in [1.29, 1.82) is 0 Å². The standard InChI is InChI=1S/C22H18BrCl3N2O4S/c1-32-21-9-6-17(25)11-20(21)27-22(29)13-28(12-14-2-5-16(24)10-19(14)26)33(30,31)18-7-3-15(23)4-8-18/h2-11H,12-13H2,1H3,(H,27,29). The number of hydrogen-bond acceptors (Lipinski definition) is 4. The average molecular weight is 593 g/mol. The topological polar surface area (TPSA) is 75.7 Å². The highest BCUT2D eigenvalue weighted by Gasteiger charge is 2.28. The predicted octanol–water partition coefficient (Wildman–Crippen LogP) is 6.25. The first-order chi connectivity index (χ1) is 15.6. The van der Waals surface area contributed by atoms with Gasteiger partial charge in [0, 0.05) is 26.1 Å². The zero-order chi connectivity index (χ0) is 24.2. The quantitative estimate of drug-likeness (QED) is 0.336. The van der Waals surface area contributed by atoms with Crippen LogP contribution in [0.1, 0.15) is 5.56 Å². The Balaban J connectivity index is 1.93. The predicted molar refractivity (Wildman–Crippen MR) is 135 cm³/mol. The largest absolute Gasteiger partial charge is 0.495 e. The molecule has 0 atom stereocenters. The van der Waals surface area contributed by atoms with Crippen molar-refractivity contribution in [1.82, 2.24) is 4.31 Å². The number of hydrogen-bond donors (Lipinski definition) is 1. The van der Waals surface area contributed by atoms with Gasteiger partial charge < -0.3 is 10.1 Å². The summed E-state index contributed by atoms with van der Waals surface area (Å²) in [5.41, 5.74) is 0.815. The fourth-order valence-electron chi connectivity index (χ4n) is 2.95. The number of amides is 1. The number of anilines is 1. The summed E-state index contributed by atoms with van der Waals surface area (Å²) < 4.78 is 33.8. The molecule has 33 heavy (non-hydrogen) atoms. The molecule has 0 saturated carbocycles. The molecule has 0 unspecified atom stereocenters. The van der Waals surface area contributed by atoms with Gasteiger partial charge in [-0.05, 0) is 60.2 Å². The van der Waals surface area contributed by atoms with Crippen LogP contribution in [0.3, 0.4) is 0 Å². The molecule has 0 aliphatic heterocycles. The number of methoxy groups -OCH3 is 1. The van der Waals surface area contributed by atoms with E-state index in [1.54, 1.807) is 36.4 Å². The third kappa shape index (κ3) is 6.62. The third-order valence-electron chi connectivity index (χ3n) is 4.57. The van der Waals surface area contributed by atoms with Crippen molar-refractivity contribution in [2.45, 2.75) is 11.4 Å². The molecular formula is C22H18BrCl3N2O4S. The van der Waals surface area contributed by atoms with Crippen LogP contribution < -0.4 is 10.1 Å². The molecule has 6 nitrogen and oxygen atoms in total. The second-order valence-electron chi connectivity index (χ2n) is 6.86.